The van der Waals surface area contributed by atoms with Crippen LogP contribution in [0.1, 0.15) is 11.1 Å². The lowest BCUT2D eigenvalue weighted by Gasteiger charge is -2.07. The average molecular weight is 281 g/mol. The van der Waals surface area contributed by atoms with Crippen molar-refractivity contribution in [1.29, 1.82) is 0 Å². The summed E-state index contributed by atoms with van der Waals surface area (Å²) in [6.07, 6.45) is 1.73. The van der Waals surface area contributed by atoms with Crippen LogP contribution in [0.25, 0.3) is 10.8 Å². The van der Waals surface area contributed by atoms with E-state index in [-0.39, 0.29) is 6.61 Å². The molecule has 0 saturated carbocycles. The largest absolute Gasteiger partial charge is 0.392 e. The lowest BCUT2D eigenvalue weighted by molar-refractivity contribution is 0.281. The van der Waals surface area contributed by atoms with E-state index in [0.29, 0.717) is 0 Å². The maximum Gasteiger partial charge on any atom is 0.104 e. The lowest BCUT2D eigenvalue weighted by atomic mass is 10.1. The molecule has 100 valence electrons. The molecule has 0 amide bonds. The SMILES string of the molecule is Cc1cc(CO)cnc1Sc1ccc2ccccc2c1. The van der Waals surface area contributed by atoms with Crippen molar-refractivity contribution in [3.63, 3.8) is 0 Å². The van der Waals surface area contributed by atoms with Crippen LogP contribution in [0.15, 0.2) is 64.6 Å². The highest BCUT2D eigenvalue weighted by atomic mass is 32.2. The first kappa shape index (κ1) is 13.2. The van der Waals surface area contributed by atoms with E-state index in [1.807, 2.05) is 13.0 Å². The number of aryl methyl sites for hydroxylation is 1. The highest BCUT2D eigenvalue weighted by Crippen LogP contribution is 2.31. The number of hydrogen-bond donors (Lipinski definition) is 1. The van der Waals surface area contributed by atoms with E-state index in [0.717, 1.165) is 16.2 Å². The number of benzene rings is 2. The van der Waals surface area contributed by atoms with Gasteiger partial charge in [-0.1, -0.05) is 42.1 Å². The second-order valence-electron chi connectivity index (χ2n) is 4.73. The molecule has 0 fully saturated rings. The molecule has 0 unspecified atom stereocenters. The van der Waals surface area contributed by atoms with E-state index in [9.17, 15) is 0 Å². The highest BCUT2D eigenvalue weighted by Gasteiger charge is 2.05. The van der Waals surface area contributed by atoms with E-state index < -0.39 is 0 Å². The van der Waals surface area contributed by atoms with Crippen LogP contribution in [0.3, 0.4) is 0 Å². The Bertz CT molecular complexity index is 755. The molecular weight excluding hydrogens is 266 g/mol. The van der Waals surface area contributed by atoms with E-state index in [1.165, 1.54) is 15.7 Å². The van der Waals surface area contributed by atoms with Crippen LogP contribution in [0.4, 0.5) is 0 Å². The van der Waals surface area contributed by atoms with Crippen molar-refractivity contribution < 1.29 is 5.11 Å². The molecule has 3 aromatic rings. The molecule has 2 nitrogen and oxygen atoms in total. The molecule has 0 aliphatic carbocycles. The molecule has 0 radical (unpaired) electrons. The van der Waals surface area contributed by atoms with E-state index in [2.05, 4.69) is 47.4 Å². The van der Waals surface area contributed by atoms with Crippen molar-refractivity contribution in [1.82, 2.24) is 4.98 Å². The monoisotopic (exact) mass is 281 g/mol. The van der Waals surface area contributed by atoms with Crippen LogP contribution >= 0.6 is 11.8 Å². The van der Waals surface area contributed by atoms with Gasteiger partial charge in [0.05, 0.1) is 6.61 Å². The summed E-state index contributed by atoms with van der Waals surface area (Å²) in [4.78, 5) is 5.60. The van der Waals surface area contributed by atoms with Gasteiger partial charge in [-0.05, 0) is 47.0 Å². The van der Waals surface area contributed by atoms with Gasteiger partial charge in [-0.2, -0.15) is 0 Å². The van der Waals surface area contributed by atoms with Crippen molar-refractivity contribution >= 4 is 22.5 Å². The molecule has 0 spiro atoms. The molecule has 3 heteroatoms. The van der Waals surface area contributed by atoms with Crippen molar-refractivity contribution in [2.24, 2.45) is 0 Å². The summed E-state index contributed by atoms with van der Waals surface area (Å²) in [5.41, 5.74) is 1.94. The van der Waals surface area contributed by atoms with Crippen LogP contribution in [0.5, 0.6) is 0 Å². The Morgan fingerprint density at radius 3 is 2.60 bits per heavy atom. The second-order valence-corrected chi connectivity index (χ2v) is 5.80. The van der Waals surface area contributed by atoms with E-state index in [1.54, 1.807) is 18.0 Å². The lowest BCUT2D eigenvalue weighted by Crippen LogP contribution is -1.90. The highest BCUT2D eigenvalue weighted by molar-refractivity contribution is 7.99. The van der Waals surface area contributed by atoms with Gasteiger partial charge in [0, 0.05) is 11.1 Å². The fourth-order valence-electron chi connectivity index (χ4n) is 2.16. The smallest absolute Gasteiger partial charge is 0.104 e. The minimum Gasteiger partial charge on any atom is -0.392 e. The quantitative estimate of drug-likeness (QED) is 0.781. The average Bonchev–Trinajstić information content (AvgIpc) is 2.49. The molecular formula is C17H15NOS. The molecule has 0 atom stereocenters. The van der Waals surface area contributed by atoms with Gasteiger partial charge in [-0.25, -0.2) is 4.98 Å². The molecule has 1 aromatic heterocycles. The number of aromatic nitrogens is 1. The fourth-order valence-corrected chi connectivity index (χ4v) is 3.03. The molecule has 20 heavy (non-hydrogen) atoms. The number of pyridine rings is 1. The summed E-state index contributed by atoms with van der Waals surface area (Å²) in [7, 11) is 0. The number of hydrogen-bond acceptors (Lipinski definition) is 3. The number of nitrogens with zero attached hydrogens (tertiary/aromatic N) is 1. The summed E-state index contributed by atoms with van der Waals surface area (Å²) >= 11 is 1.66. The third-order valence-corrected chi connectivity index (χ3v) is 4.32. The zero-order valence-electron chi connectivity index (χ0n) is 11.2. The van der Waals surface area contributed by atoms with Gasteiger partial charge < -0.3 is 5.11 Å². The Morgan fingerprint density at radius 1 is 1.05 bits per heavy atom. The topological polar surface area (TPSA) is 33.1 Å². The summed E-state index contributed by atoms with van der Waals surface area (Å²) < 4.78 is 0. The zero-order chi connectivity index (χ0) is 13.9. The summed E-state index contributed by atoms with van der Waals surface area (Å²) in [5.74, 6) is 0. The van der Waals surface area contributed by atoms with Crippen LogP contribution in [-0.4, -0.2) is 10.1 Å². The number of fused-ring (bicyclic) bond motifs is 1. The van der Waals surface area contributed by atoms with Crippen LogP contribution < -0.4 is 0 Å². The first-order valence-corrected chi connectivity index (χ1v) is 7.31. The molecule has 0 bridgehead atoms. The standard InChI is InChI=1S/C17H15NOS/c1-12-8-13(11-19)10-18-17(12)20-16-7-6-14-4-2-3-5-15(14)9-16/h2-10,19H,11H2,1H3. The molecule has 3 rings (SSSR count). The molecule has 0 aliphatic heterocycles. The van der Waals surface area contributed by atoms with Crippen LogP contribution in [0, 0.1) is 6.92 Å². The predicted molar refractivity (Wildman–Crippen MR) is 83.0 cm³/mol. The summed E-state index contributed by atoms with van der Waals surface area (Å²) in [6.45, 7) is 2.06. The Balaban J connectivity index is 1.92. The normalized spacial score (nSPS) is 10.9. The molecule has 1 N–H and O–H groups in total. The first-order chi connectivity index (χ1) is 9.76. The van der Waals surface area contributed by atoms with Gasteiger partial charge in [-0.15, -0.1) is 0 Å². The maximum atomic E-state index is 9.11. The minimum absolute atomic E-state index is 0.0365. The Labute approximate surface area is 122 Å². The van der Waals surface area contributed by atoms with Gasteiger partial charge in [0.2, 0.25) is 0 Å². The van der Waals surface area contributed by atoms with E-state index >= 15 is 0 Å². The van der Waals surface area contributed by atoms with Gasteiger partial charge in [0.25, 0.3) is 0 Å². The Kier molecular flexibility index (Phi) is 3.72. The predicted octanol–water partition coefficient (Wildman–Crippen LogP) is 4.19. The Morgan fingerprint density at radius 2 is 1.85 bits per heavy atom. The maximum absolute atomic E-state index is 9.11. The van der Waals surface area contributed by atoms with Crippen LogP contribution in [0.2, 0.25) is 0 Å². The van der Waals surface area contributed by atoms with Crippen LogP contribution in [-0.2, 0) is 6.61 Å². The van der Waals surface area contributed by atoms with Gasteiger partial charge >= 0.3 is 0 Å². The van der Waals surface area contributed by atoms with Gasteiger partial charge in [-0.3, -0.25) is 0 Å². The molecule has 0 aliphatic rings. The molecule has 1 heterocycles. The van der Waals surface area contributed by atoms with Crippen molar-refractivity contribution in [2.75, 3.05) is 0 Å². The van der Waals surface area contributed by atoms with Gasteiger partial charge in [0.15, 0.2) is 0 Å². The van der Waals surface area contributed by atoms with Crippen molar-refractivity contribution in [3.05, 3.63) is 65.9 Å². The summed E-state index contributed by atoms with van der Waals surface area (Å²) in [6, 6.07) is 16.8. The third-order valence-electron chi connectivity index (χ3n) is 3.20. The van der Waals surface area contributed by atoms with Crippen molar-refractivity contribution in [3.8, 4) is 0 Å². The first-order valence-electron chi connectivity index (χ1n) is 6.49. The minimum atomic E-state index is 0.0365. The fraction of sp³-hybridized carbons (Fsp3) is 0.118. The van der Waals surface area contributed by atoms with Crippen molar-refractivity contribution in [2.45, 2.75) is 23.5 Å². The summed E-state index contributed by atoms with van der Waals surface area (Å²) in [5, 5.41) is 12.6. The zero-order valence-corrected chi connectivity index (χ0v) is 12.0. The van der Waals surface area contributed by atoms with Gasteiger partial charge in [0.1, 0.15) is 5.03 Å². The third kappa shape index (κ3) is 2.69. The second kappa shape index (κ2) is 5.65. The molecule has 2 aromatic carbocycles. The van der Waals surface area contributed by atoms with E-state index in [4.69, 9.17) is 5.11 Å². The Hall–Kier alpha value is -1.84. The number of rotatable bonds is 3. The molecule has 0 saturated heterocycles. The number of aliphatic hydroxyl groups is 1. The number of aliphatic hydroxyl groups excluding tert-OH is 1.